The quantitative estimate of drug-likeness (QED) is 0.548. The van der Waals surface area contributed by atoms with Gasteiger partial charge >= 0.3 is 6.03 Å². The van der Waals surface area contributed by atoms with Gasteiger partial charge in [0, 0.05) is 17.1 Å². The van der Waals surface area contributed by atoms with Gasteiger partial charge in [-0.25, -0.2) is 4.79 Å². The number of urea groups is 1. The van der Waals surface area contributed by atoms with E-state index in [9.17, 15) is 14.4 Å². The highest BCUT2D eigenvalue weighted by Gasteiger charge is 2.36. The van der Waals surface area contributed by atoms with Crippen molar-refractivity contribution in [1.82, 2.24) is 14.8 Å². The average Bonchev–Trinajstić information content (AvgIpc) is 3.30. The van der Waals surface area contributed by atoms with Crippen LogP contribution in [0.1, 0.15) is 22.7 Å². The zero-order chi connectivity index (χ0) is 20.5. The third-order valence-electron chi connectivity index (χ3n) is 4.86. The molecule has 3 aromatic rings. The molecule has 0 bridgehead atoms. The number of barbiturate groups is 1. The first kappa shape index (κ1) is 18.5. The fraction of sp³-hybridized carbons (Fsp3) is 0.136. The van der Waals surface area contributed by atoms with Gasteiger partial charge in [0.2, 0.25) is 0 Å². The van der Waals surface area contributed by atoms with Gasteiger partial charge in [-0.1, -0.05) is 18.2 Å². The summed E-state index contributed by atoms with van der Waals surface area (Å²) in [6.07, 6.45) is 2.99. The fourth-order valence-electron chi connectivity index (χ4n) is 3.46. The van der Waals surface area contributed by atoms with Gasteiger partial charge in [0.15, 0.2) is 0 Å². The molecule has 7 heteroatoms. The van der Waals surface area contributed by atoms with Crippen LogP contribution >= 0.6 is 0 Å². The van der Waals surface area contributed by atoms with Crippen molar-refractivity contribution >= 4 is 23.9 Å². The molecule has 1 aliphatic heterocycles. The molecule has 1 fully saturated rings. The van der Waals surface area contributed by atoms with Crippen molar-refractivity contribution in [3.8, 4) is 5.69 Å². The van der Waals surface area contributed by atoms with Gasteiger partial charge in [0.1, 0.15) is 11.3 Å². The first-order valence-corrected chi connectivity index (χ1v) is 9.11. The minimum atomic E-state index is -0.761. The van der Waals surface area contributed by atoms with Crippen molar-refractivity contribution in [3.05, 3.63) is 83.1 Å². The van der Waals surface area contributed by atoms with Crippen molar-refractivity contribution < 1.29 is 18.8 Å². The number of furan rings is 1. The first-order valence-electron chi connectivity index (χ1n) is 9.11. The van der Waals surface area contributed by atoms with Crippen LogP contribution in [-0.2, 0) is 16.1 Å². The number of carbonyl (C=O) groups excluding carboxylic acids is 3. The molecule has 0 unspecified atom stereocenters. The summed E-state index contributed by atoms with van der Waals surface area (Å²) in [5, 5.41) is 2.23. The molecule has 7 nitrogen and oxygen atoms in total. The van der Waals surface area contributed by atoms with Crippen LogP contribution in [-0.4, -0.2) is 27.3 Å². The van der Waals surface area contributed by atoms with Crippen LogP contribution in [0.3, 0.4) is 0 Å². The molecule has 0 radical (unpaired) electrons. The normalized spacial score (nSPS) is 15.9. The van der Waals surface area contributed by atoms with Crippen molar-refractivity contribution in [3.63, 3.8) is 0 Å². The molecule has 3 heterocycles. The zero-order valence-electron chi connectivity index (χ0n) is 16.0. The molecule has 4 amide bonds. The number of benzene rings is 1. The Hall–Kier alpha value is -3.87. The number of hydrogen-bond donors (Lipinski definition) is 1. The smallest absolute Gasteiger partial charge is 0.331 e. The topological polar surface area (TPSA) is 84.6 Å². The lowest BCUT2D eigenvalue weighted by atomic mass is 10.1. The molecule has 1 aromatic carbocycles. The number of imide groups is 2. The molecule has 0 aliphatic carbocycles. The van der Waals surface area contributed by atoms with Crippen LogP contribution < -0.4 is 5.32 Å². The fourth-order valence-corrected chi connectivity index (χ4v) is 3.46. The standard InChI is InChI=1S/C22H19N3O4/c1-14-11-16(15(2)25(14)17-7-4-3-5-8-17)12-19-20(26)23-22(28)24(21(19)27)13-18-9-6-10-29-18/h3-12H,13H2,1-2H3,(H,23,26,28)/b19-12-. The minimum absolute atomic E-state index is 0.0503. The Kier molecular flexibility index (Phi) is 4.64. The molecule has 0 spiro atoms. The average molecular weight is 389 g/mol. The lowest BCUT2D eigenvalue weighted by molar-refractivity contribution is -0.130. The maximum atomic E-state index is 12.9. The van der Waals surface area contributed by atoms with Crippen LogP contribution in [0.4, 0.5) is 4.79 Å². The molecular formula is C22H19N3O4. The lowest BCUT2D eigenvalue weighted by Crippen LogP contribution is -2.53. The second-order valence-corrected chi connectivity index (χ2v) is 6.79. The van der Waals surface area contributed by atoms with Crippen LogP contribution in [0.2, 0.25) is 0 Å². The van der Waals surface area contributed by atoms with Crippen molar-refractivity contribution in [1.29, 1.82) is 0 Å². The molecule has 146 valence electrons. The predicted molar refractivity (Wildman–Crippen MR) is 106 cm³/mol. The summed E-state index contributed by atoms with van der Waals surface area (Å²) in [5.41, 5.74) is 3.48. The van der Waals surface area contributed by atoms with E-state index < -0.39 is 17.8 Å². The Morgan fingerprint density at radius 3 is 2.48 bits per heavy atom. The largest absolute Gasteiger partial charge is 0.467 e. The molecule has 29 heavy (non-hydrogen) atoms. The van der Waals surface area contributed by atoms with Gasteiger partial charge < -0.3 is 8.98 Å². The molecule has 0 atom stereocenters. The van der Waals surface area contributed by atoms with E-state index in [0.29, 0.717) is 5.76 Å². The number of aromatic nitrogens is 1. The lowest BCUT2D eigenvalue weighted by Gasteiger charge is -2.25. The number of rotatable bonds is 4. The Balaban J connectivity index is 1.71. The van der Waals surface area contributed by atoms with Crippen LogP contribution in [0.15, 0.2) is 64.8 Å². The number of hydrogen-bond acceptors (Lipinski definition) is 4. The minimum Gasteiger partial charge on any atom is -0.467 e. The van der Waals surface area contributed by atoms with Crippen LogP contribution in [0.5, 0.6) is 0 Å². The second-order valence-electron chi connectivity index (χ2n) is 6.79. The highest BCUT2D eigenvalue weighted by molar-refractivity contribution is 6.31. The number of nitrogens with zero attached hydrogens (tertiary/aromatic N) is 2. The van der Waals surface area contributed by atoms with Crippen LogP contribution in [0, 0.1) is 13.8 Å². The van der Waals surface area contributed by atoms with Gasteiger partial charge in [0.05, 0.1) is 12.8 Å². The van der Waals surface area contributed by atoms with Crippen LogP contribution in [0.25, 0.3) is 11.8 Å². The van der Waals surface area contributed by atoms with Crippen molar-refractivity contribution in [2.45, 2.75) is 20.4 Å². The van der Waals surface area contributed by atoms with E-state index in [1.807, 2.05) is 54.8 Å². The predicted octanol–water partition coefficient (Wildman–Crippen LogP) is 3.35. The monoisotopic (exact) mass is 389 g/mol. The maximum absolute atomic E-state index is 12.9. The van der Waals surface area contributed by atoms with E-state index in [1.165, 1.54) is 12.3 Å². The summed E-state index contributed by atoms with van der Waals surface area (Å²) < 4.78 is 7.26. The number of aryl methyl sites for hydroxylation is 1. The molecular weight excluding hydrogens is 370 g/mol. The summed E-state index contributed by atoms with van der Waals surface area (Å²) >= 11 is 0. The highest BCUT2D eigenvalue weighted by atomic mass is 16.3. The van der Waals surface area contributed by atoms with E-state index in [0.717, 1.165) is 27.5 Å². The SMILES string of the molecule is Cc1cc(/C=C2/C(=O)NC(=O)N(Cc3ccco3)C2=O)c(C)n1-c1ccccc1. The molecule has 1 aliphatic rings. The Morgan fingerprint density at radius 2 is 1.79 bits per heavy atom. The van der Waals surface area contributed by atoms with E-state index >= 15 is 0 Å². The maximum Gasteiger partial charge on any atom is 0.331 e. The number of amides is 4. The Bertz CT molecular complexity index is 1120. The molecule has 2 aromatic heterocycles. The summed E-state index contributed by atoms with van der Waals surface area (Å²) in [6, 6.07) is 14.3. The number of para-hydroxylation sites is 1. The van der Waals surface area contributed by atoms with Gasteiger partial charge in [0.25, 0.3) is 11.8 Å². The third kappa shape index (κ3) is 3.38. The van der Waals surface area contributed by atoms with Gasteiger partial charge in [-0.15, -0.1) is 0 Å². The van der Waals surface area contributed by atoms with E-state index in [4.69, 9.17) is 4.42 Å². The molecule has 0 saturated carbocycles. The van der Waals surface area contributed by atoms with Gasteiger partial charge in [-0.2, -0.15) is 0 Å². The summed E-state index contributed by atoms with van der Waals surface area (Å²) in [5.74, 6) is -0.913. The second kappa shape index (κ2) is 7.27. The number of nitrogens with one attached hydrogen (secondary N) is 1. The molecule has 1 saturated heterocycles. The van der Waals surface area contributed by atoms with Crippen molar-refractivity contribution in [2.75, 3.05) is 0 Å². The van der Waals surface area contributed by atoms with E-state index in [-0.39, 0.29) is 12.1 Å². The van der Waals surface area contributed by atoms with E-state index in [1.54, 1.807) is 12.1 Å². The van der Waals surface area contributed by atoms with Crippen molar-refractivity contribution in [2.24, 2.45) is 0 Å². The zero-order valence-corrected chi connectivity index (χ0v) is 16.0. The Labute approximate surface area is 167 Å². The van der Waals surface area contributed by atoms with Gasteiger partial charge in [-0.05, 0) is 55.8 Å². The van der Waals surface area contributed by atoms with Gasteiger partial charge in [-0.3, -0.25) is 19.8 Å². The Morgan fingerprint density at radius 1 is 1.03 bits per heavy atom. The van der Waals surface area contributed by atoms with E-state index in [2.05, 4.69) is 5.32 Å². The third-order valence-corrected chi connectivity index (χ3v) is 4.86. The summed E-state index contributed by atoms with van der Waals surface area (Å²) in [7, 11) is 0. The molecule has 4 rings (SSSR count). The number of carbonyl (C=O) groups is 3. The summed E-state index contributed by atoms with van der Waals surface area (Å²) in [6.45, 7) is 3.83. The summed E-state index contributed by atoms with van der Waals surface area (Å²) in [4.78, 5) is 38.4. The highest BCUT2D eigenvalue weighted by Crippen LogP contribution is 2.24. The first-order chi connectivity index (χ1) is 14.0. The molecule has 1 N–H and O–H groups in total.